The van der Waals surface area contributed by atoms with Crippen molar-refractivity contribution in [2.45, 2.75) is 25.3 Å². The molecule has 0 spiro atoms. The molecule has 1 aliphatic heterocycles. The fourth-order valence-corrected chi connectivity index (χ4v) is 2.04. The van der Waals surface area contributed by atoms with Crippen LogP contribution in [0.1, 0.15) is 19.3 Å². The lowest BCUT2D eigenvalue weighted by molar-refractivity contribution is 0.574. The maximum absolute atomic E-state index is 4.42. The van der Waals surface area contributed by atoms with E-state index in [4.69, 9.17) is 0 Å². The third-order valence-electron chi connectivity index (χ3n) is 3.00. The molecule has 1 saturated heterocycles. The smallest absolute Gasteiger partial charge is 0.226 e. The van der Waals surface area contributed by atoms with Gasteiger partial charge in [-0.15, -0.1) is 0 Å². The molecule has 1 aromatic rings. The summed E-state index contributed by atoms with van der Waals surface area (Å²) in [5.41, 5.74) is 0. The molecule has 0 aromatic carbocycles. The molecule has 0 bridgehead atoms. The Morgan fingerprint density at radius 1 is 1.53 bits per heavy atom. The van der Waals surface area contributed by atoms with Gasteiger partial charge in [-0.25, -0.2) is 4.98 Å². The summed E-state index contributed by atoms with van der Waals surface area (Å²) in [7, 11) is 3.89. The molecule has 1 atom stereocenters. The Morgan fingerprint density at radius 2 is 2.41 bits per heavy atom. The molecule has 17 heavy (non-hydrogen) atoms. The summed E-state index contributed by atoms with van der Waals surface area (Å²) in [6.07, 6.45) is 5.55. The minimum atomic E-state index is 0.678. The van der Waals surface area contributed by atoms with Crippen LogP contribution in [0.5, 0.6) is 0 Å². The molecule has 2 heterocycles. The van der Waals surface area contributed by atoms with E-state index < -0.39 is 0 Å². The van der Waals surface area contributed by atoms with Crippen molar-refractivity contribution in [3.63, 3.8) is 0 Å². The van der Waals surface area contributed by atoms with Crippen LogP contribution in [0.2, 0.25) is 0 Å². The summed E-state index contributed by atoms with van der Waals surface area (Å²) in [6.45, 7) is 2.13. The number of nitrogens with one attached hydrogen (secondary N) is 2. The summed E-state index contributed by atoms with van der Waals surface area (Å²) in [4.78, 5) is 10.5. The first kappa shape index (κ1) is 12.1. The van der Waals surface area contributed by atoms with Crippen molar-refractivity contribution in [2.75, 3.05) is 37.4 Å². The van der Waals surface area contributed by atoms with Gasteiger partial charge in [0.2, 0.25) is 5.95 Å². The van der Waals surface area contributed by atoms with Gasteiger partial charge in [-0.05, 0) is 31.9 Å². The van der Waals surface area contributed by atoms with Crippen molar-refractivity contribution in [1.82, 2.24) is 15.3 Å². The Hall–Kier alpha value is -1.36. The molecule has 2 N–H and O–H groups in total. The second-order valence-corrected chi connectivity index (χ2v) is 4.65. The van der Waals surface area contributed by atoms with Crippen molar-refractivity contribution in [2.24, 2.45) is 0 Å². The van der Waals surface area contributed by atoms with Gasteiger partial charge in [0, 0.05) is 32.9 Å². The van der Waals surface area contributed by atoms with Gasteiger partial charge < -0.3 is 15.5 Å². The fourth-order valence-electron chi connectivity index (χ4n) is 2.04. The molecule has 0 radical (unpaired) electrons. The van der Waals surface area contributed by atoms with Gasteiger partial charge in [-0.2, -0.15) is 4.98 Å². The Balaban J connectivity index is 1.79. The van der Waals surface area contributed by atoms with E-state index >= 15 is 0 Å². The summed E-state index contributed by atoms with van der Waals surface area (Å²) in [5.74, 6) is 1.65. The minimum absolute atomic E-state index is 0.678. The van der Waals surface area contributed by atoms with Crippen LogP contribution in [-0.4, -0.2) is 43.2 Å². The highest BCUT2D eigenvalue weighted by molar-refractivity contribution is 5.40. The second-order valence-electron chi connectivity index (χ2n) is 4.65. The number of hydrogen-bond donors (Lipinski definition) is 2. The van der Waals surface area contributed by atoms with Crippen LogP contribution in [0.15, 0.2) is 12.3 Å². The van der Waals surface area contributed by atoms with E-state index in [0.717, 1.165) is 24.7 Å². The van der Waals surface area contributed by atoms with Gasteiger partial charge in [0.1, 0.15) is 5.82 Å². The fraction of sp³-hybridized carbons (Fsp3) is 0.667. The SMILES string of the molecule is CN(C)c1nccc(NCC[C@H]2CCCN2)n1. The standard InChI is InChI=1S/C12H21N5/c1-17(2)12-15-9-6-11(16-12)14-8-5-10-4-3-7-13-10/h6,9-10,13H,3-5,7-8H2,1-2H3,(H,14,15,16)/t10-/m1/s1. The number of aromatic nitrogens is 2. The zero-order valence-electron chi connectivity index (χ0n) is 10.6. The lowest BCUT2D eigenvalue weighted by Crippen LogP contribution is -2.24. The Bertz CT molecular complexity index is 347. The van der Waals surface area contributed by atoms with E-state index in [9.17, 15) is 0 Å². The summed E-state index contributed by atoms with van der Waals surface area (Å²) in [5, 5.41) is 6.84. The Labute approximate surface area is 103 Å². The highest BCUT2D eigenvalue weighted by Crippen LogP contribution is 2.11. The van der Waals surface area contributed by atoms with Crippen molar-refractivity contribution in [3.05, 3.63) is 12.3 Å². The average molecular weight is 235 g/mol. The second kappa shape index (κ2) is 5.82. The number of nitrogens with zero attached hydrogens (tertiary/aromatic N) is 3. The average Bonchev–Trinajstić information content (AvgIpc) is 2.82. The Kier molecular flexibility index (Phi) is 4.14. The van der Waals surface area contributed by atoms with Crippen LogP contribution in [0, 0.1) is 0 Å². The van der Waals surface area contributed by atoms with Crippen LogP contribution in [0.3, 0.4) is 0 Å². The van der Waals surface area contributed by atoms with Gasteiger partial charge in [0.15, 0.2) is 0 Å². The monoisotopic (exact) mass is 235 g/mol. The molecule has 5 nitrogen and oxygen atoms in total. The van der Waals surface area contributed by atoms with Crippen LogP contribution in [-0.2, 0) is 0 Å². The van der Waals surface area contributed by atoms with E-state index in [1.807, 2.05) is 25.1 Å². The van der Waals surface area contributed by atoms with E-state index in [-0.39, 0.29) is 0 Å². The topological polar surface area (TPSA) is 53.1 Å². The number of anilines is 2. The van der Waals surface area contributed by atoms with Crippen molar-refractivity contribution >= 4 is 11.8 Å². The molecule has 0 aliphatic carbocycles. The molecule has 0 unspecified atom stereocenters. The largest absolute Gasteiger partial charge is 0.370 e. The molecule has 1 aliphatic rings. The van der Waals surface area contributed by atoms with E-state index in [0.29, 0.717) is 6.04 Å². The van der Waals surface area contributed by atoms with Crippen LogP contribution < -0.4 is 15.5 Å². The van der Waals surface area contributed by atoms with Gasteiger partial charge in [-0.1, -0.05) is 0 Å². The zero-order chi connectivity index (χ0) is 12.1. The van der Waals surface area contributed by atoms with E-state index in [1.165, 1.54) is 19.4 Å². The van der Waals surface area contributed by atoms with Gasteiger partial charge >= 0.3 is 0 Å². The number of hydrogen-bond acceptors (Lipinski definition) is 5. The van der Waals surface area contributed by atoms with Gasteiger partial charge in [0.05, 0.1) is 0 Å². The van der Waals surface area contributed by atoms with Gasteiger partial charge in [-0.3, -0.25) is 0 Å². The Morgan fingerprint density at radius 3 is 3.12 bits per heavy atom. The molecular formula is C12H21N5. The third kappa shape index (κ3) is 3.56. The number of rotatable bonds is 5. The maximum Gasteiger partial charge on any atom is 0.226 e. The molecule has 94 valence electrons. The summed E-state index contributed by atoms with van der Waals surface area (Å²) in [6, 6.07) is 2.59. The predicted molar refractivity (Wildman–Crippen MR) is 70.5 cm³/mol. The quantitative estimate of drug-likeness (QED) is 0.800. The maximum atomic E-state index is 4.42. The first-order valence-electron chi connectivity index (χ1n) is 6.23. The molecule has 5 heteroatoms. The lowest BCUT2D eigenvalue weighted by atomic mass is 10.1. The first-order chi connectivity index (χ1) is 8.25. The van der Waals surface area contributed by atoms with Crippen molar-refractivity contribution in [1.29, 1.82) is 0 Å². The van der Waals surface area contributed by atoms with Gasteiger partial charge in [0.25, 0.3) is 0 Å². The minimum Gasteiger partial charge on any atom is -0.370 e. The predicted octanol–water partition coefficient (Wildman–Crippen LogP) is 1.10. The highest BCUT2D eigenvalue weighted by Gasteiger charge is 2.12. The molecule has 2 rings (SSSR count). The van der Waals surface area contributed by atoms with Crippen LogP contribution >= 0.6 is 0 Å². The zero-order valence-corrected chi connectivity index (χ0v) is 10.6. The normalized spacial score (nSPS) is 19.3. The van der Waals surface area contributed by atoms with E-state index in [2.05, 4.69) is 20.6 Å². The molecule has 1 fully saturated rings. The molecule has 0 saturated carbocycles. The summed E-state index contributed by atoms with van der Waals surface area (Å²) >= 11 is 0. The van der Waals surface area contributed by atoms with Crippen molar-refractivity contribution < 1.29 is 0 Å². The molecular weight excluding hydrogens is 214 g/mol. The first-order valence-corrected chi connectivity index (χ1v) is 6.23. The molecule has 1 aromatic heterocycles. The lowest BCUT2D eigenvalue weighted by Gasteiger charge is -2.13. The highest BCUT2D eigenvalue weighted by atomic mass is 15.2. The van der Waals surface area contributed by atoms with Crippen molar-refractivity contribution in [3.8, 4) is 0 Å². The summed E-state index contributed by atoms with van der Waals surface area (Å²) < 4.78 is 0. The third-order valence-corrected chi connectivity index (χ3v) is 3.00. The van der Waals surface area contributed by atoms with Crippen LogP contribution in [0.4, 0.5) is 11.8 Å². The van der Waals surface area contributed by atoms with Crippen LogP contribution in [0.25, 0.3) is 0 Å². The van der Waals surface area contributed by atoms with E-state index in [1.54, 1.807) is 6.20 Å². The molecule has 0 amide bonds.